The van der Waals surface area contributed by atoms with Crippen molar-refractivity contribution in [2.24, 2.45) is 0 Å². The van der Waals surface area contributed by atoms with E-state index in [2.05, 4.69) is 10.9 Å². The van der Waals surface area contributed by atoms with Crippen molar-refractivity contribution in [2.45, 2.75) is 0 Å². The quantitative estimate of drug-likeness (QED) is 0.736. The molecule has 0 aliphatic carbocycles. The molecule has 0 aliphatic rings. The monoisotopic (exact) mass is 354 g/mol. The molecule has 0 bridgehead atoms. The van der Waals surface area contributed by atoms with Crippen molar-refractivity contribution in [1.82, 2.24) is 10.9 Å². The van der Waals surface area contributed by atoms with Gasteiger partial charge in [0.05, 0.1) is 10.6 Å². The molecule has 23 heavy (non-hydrogen) atoms. The first kappa shape index (κ1) is 16.9. The minimum Gasteiger partial charge on any atom is -0.507 e. The second kappa shape index (κ2) is 7.71. The van der Waals surface area contributed by atoms with E-state index in [9.17, 15) is 14.7 Å². The second-order valence-electron chi connectivity index (χ2n) is 4.38. The molecule has 0 unspecified atom stereocenters. The van der Waals surface area contributed by atoms with Gasteiger partial charge >= 0.3 is 0 Å². The molecule has 6 nitrogen and oxygen atoms in total. The zero-order valence-corrected chi connectivity index (χ0v) is 13.2. The molecular formula is C15H12Cl2N2O4. The number of aromatic hydroxyl groups is 1. The SMILES string of the molecule is O=C(COc1ccc(Cl)cc1Cl)NNC(=O)c1ccccc1O. The minimum absolute atomic E-state index is 0.0365. The van der Waals surface area contributed by atoms with Crippen molar-refractivity contribution in [1.29, 1.82) is 0 Å². The molecule has 0 aliphatic heterocycles. The zero-order chi connectivity index (χ0) is 16.8. The van der Waals surface area contributed by atoms with Gasteiger partial charge in [-0.1, -0.05) is 35.3 Å². The van der Waals surface area contributed by atoms with E-state index in [0.29, 0.717) is 10.8 Å². The fourth-order valence-electron chi connectivity index (χ4n) is 1.63. The van der Waals surface area contributed by atoms with E-state index in [1.165, 1.54) is 24.3 Å². The molecule has 2 aromatic rings. The smallest absolute Gasteiger partial charge is 0.276 e. The first-order valence-corrected chi connectivity index (χ1v) is 7.18. The number of para-hydroxylation sites is 1. The van der Waals surface area contributed by atoms with E-state index in [-0.39, 0.29) is 22.9 Å². The van der Waals surface area contributed by atoms with Crippen LogP contribution in [0.15, 0.2) is 42.5 Å². The number of hydrogen-bond acceptors (Lipinski definition) is 4. The van der Waals surface area contributed by atoms with Gasteiger partial charge in [0.25, 0.3) is 11.8 Å². The Hall–Kier alpha value is -2.44. The molecule has 3 N–H and O–H groups in total. The van der Waals surface area contributed by atoms with Crippen molar-refractivity contribution in [3.63, 3.8) is 0 Å². The van der Waals surface area contributed by atoms with Crippen LogP contribution in [-0.4, -0.2) is 23.5 Å². The Labute approximate surface area is 141 Å². The number of carbonyl (C=O) groups excluding carboxylic acids is 2. The normalized spacial score (nSPS) is 10.0. The molecule has 2 rings (SSSR count). The summed E-state index contributed by atoms with van der Waals surface area (Å²) in [5.41, 5.74) is 4.37. The lowest BCUT2D eigenvalue weighted by Gasteiger charge is -2.10. The van der Waals surface area contributed by atoms with Crippen LogP contribution in [0.5, 0.6) is 11.5 Å². The highest BCUT2D eigenvalue weighted by Crippen LogP contribution is 2.27. The van der Waals surface area contributed by atoms with Crippen LogP contribution in [0.1, 0.15) is 10.4 Å². The third-order valence-electron chi connectivity index (χ3n) is 2.72. The lowest BCUT2D eigenvalue weighted by molar-refractivity contribution is -0.123. The number of ether oxygens (including phenoxy) is 1. The van der Waals surface area contributed by atoms with E-state index in [4.69, 9.17) is 27.9 Å². The first-order valence-electron chi connectivity index (χ1n) is 6.42. The first-order chi connectivity index (χ1) is 11.0. The van der Waals surface area contributed by atoms with Crippen LogP contribution in [0.2, 0.25) is 10.0 Å². The van der Waals surface area contributed by atoms with E-state index >= 15 is 0 Å². The number of halogens is 2. The number of phenols is 1. The Morgan fingerprint density at radius 1 is 1.09 bits per heavy atom. The van der Waals surface area contributed by atoms with Gasteiger partial charge in [-0.15, -0.1) is 0 Å². The average Bonchev–Trinajstić information content (AvgIpc) is 2.52. The van der Waals surface area contributed by atoms with Crippen molar-refractivity contribution < 1.29 is 19.4 Å². The van der Waals surface area contributed by atoms with Crippen molar-refractivity contribution in [2.75, 3.05) is 6.61 Å². The van der Waals surface area contributed by atoms with E-state index in [0.717, 1.165) is 0 Å². The summed E-state index contributed by atoms with van der Waals surface area (Å²) in [5.74, 6) is -1.15. The van der Waals surface area contributed by atoms with Crippen molar-refractivity contribution in [3.05, 3.63) is 58.1 Å². The van der Waals surface area contributed by atoms with E-state index in [1.807, 2.05) is 0 Å². The Balaban J connectivity index is 1.83. The maximum atomic E-state index is 11.8. The number of hydrazine groups is 1. The van der Waals surface area contributed by atoms with Gasteiger partial charge in [0.2, 0.25) is 0 Å². The third-order valence-corrected chi connectivity index (χ3v) is 3.25. The maximum absolute atomic E-state index is 11.8. The highest BCUT2D eigenvalue weighted by Gasteiger charge is 2.12. The Morgan fingerprint density at radius 2 is 1.83 bits per heavy atom. The number of carbonyl (C=O) groups is 2. The summed E-state index contributed by atoms with van der Waals surface area (Å²) in [7, 11) is 0. The van der Waals surface area contributed by atoms with Crippen molar-refractivity contribution >= 4 is 35.0 Å². The van der Waals surface area contributed by atoms with Gasteiger partial charge in [0.15, 0.2) is 6.61 Å². The second-order valence-corrected chi connectivity index (χ2v) is 5.23. The summed E-state index contributed by atoms with van der Waals surface area (Å²) >= 11 is 11.6. The van der Waals surface area contributed by atoms with Crippen LogP contribution in [-0.2, 0) is 4.79 Å². The molecular weight excluding hydrogens is 343 g/mol. The molecule has 0 aromatic heterocycles. The highest BCUT2D eigenvalue weighted by atomic mass is 35.5. The number of rotatable bonds is 4. The van der Waals surface area contributed by atoms with Gasteiger partial charge in [-0.05, 0) is 30.3 Å². The van der Waals surface area contributed by atoms with Crippen LogP contribution in [0.3, 0.4) is 0 Å². The fourth-order valence-corrected chi connectivity index (χ4v) is 2.09. The summed E-state index contributed by atoms with van der Waals surface area (Å²) in [6, 6.07) is 10.5. The van der Waals surface area contributed by atoms with E-state index in [1.54, 1.807) is 18.2 Å². The molecule has 8 heteroatoms. The molecule has 0 saturated heterocycles. The fraction of sp³-hybridized carbons (Fsp3) is 0.0667. The Bertz CT molecular complexity index is 737. The van der Waals surface area contributed by atoms with E-state index < -0.39 is 11.8 Å². The molecule has 0 heterocycles. The number of phenolic OH excluding ortho intramolecular Hbond substituents is 1. The predicted molar refractivity (Wildman–Crippen MR) is 85.7 cm³/mol. The molecule has 0 atom stereocenters. The van der Waals surface area contributed by atoms with Crippen LogP contribution in [0.4, 0.5) is 0 Å². The van der Waals surface area contributed by atoms with Crippen molar-refractivity contribution in [3.8, 4) is 11.5 Å². The number of benzene rings is 2. The summed E-state index contributed by atoms with van der Waals surface area (Å²) in [6.45, 7) is -0.359. The number of nitrogens with one attached hydrogen (secondary N) is 2. The summed E-state index contributed by atoms with van der Waals surface area (Å²) < 4.78 is 5.21. The lowest BCUT2D eigenvalue weighted by atomic mass is 10.2. The number of hydrogen-bond donors (Lipinski definition) is 3. The van der Waals surface area contributed by atoms with Crippen LogP contribution < -0.4 is 15.6 Å². The molecule has 120 valence electrons. The zero-order valence-electron chi connectivity index (χ0n) is 11.7. The van der Waals surface area contributed by atoms with Crippen LogP contribution >= 0.6 is 23.2 Å². The average molecular weight is 355 g/mol. The maximum Gasteiger partial charge on any atom is 0.276 e. The lowest BCUT2D eigenvalue weighted by Crippen LogP contribution is -2.43. The molecule has 0 radical (unpaired) electrons. The van der Waals surface area contributed by atoms with Crippen LogP contribution in [0, 0.1) is 0 Å². The standard InChI is InChI=1S/C15H12Cl2N2O4/c16-9-5-6-13(11(17)7-9)23-8-14(21)18-19-15(22)10-3-1-2-4-12(10)20/h1-7,20H,8H2,(H,18,21)(H,19,22). The molecule has 0 fully saturated rings. The summed E-state index contributed by atoms with van der Waals surface area (Å²) in [5, 5.41) is 10.2. The number of amides is 2. The van der Waals surface area contributed by atoms with Gasteiger partial charge < -0.3 is 9.84 Å². The van der Waals surface area contributed by atoms with Gasteiger partial charge in [0, 0.05) is 5.02 Å². The molecule has 2 aromatic carbocycles. The topological polar surface area (TPSA) is 87.7 Å². The molecule has 2 amide bonds. The largest absolute Gasteiger partial charge is 0.507 e. The Morgan fingerprint density at radius 3 is 2.52 bits per heavy atom. The van der Waals surface area contributed by atoms with Gasteiger partial charge in [-0.3, -0.25) is 20.4 Å². The minimum atomic E-state index is -0.652. The summed E-state index contributed by atoms with van der Waals surface area (Å²) in [6.07, 6.45) is 0. The third kappa shape index (κ3) is 4.77. The summed E-state index contributed by atoms with van der Waals surface area (Å²) in [4.78, 5) is 23.4. The predicted octanol–water partition coefficient (Wildman–Crippen LogP) is 2.54. The van der Waals surface area contributed by atoms with Gasteiger partial charge in [-0.25, -0.2) is 0 Å². The van der Waals surface area contributed by atoms with Gasteiger partial charge in [-0.2, -0.15) is 0 Å². The molecule has 0 spiro atoms. The van der Waals surface area contributed by atoms with Crippen LogP contribution in [0.25, 0.3) is 0 Å². The molecule has 0 saturated carbocycles. The van der Waals surface area contributed by atoms with Gasteiger partial charge in [0.1, 0.15) is 11.5 Å². The highest BCUT2D eigenvalue weighted by molar-refractivity contribution is 6.35. The Kier molecular flexibility index (Phi) is 5.67.